The highest BCUT2D eigenvalue weighted by Crippen LogP contribution is 2.38. The number of nitrogens with one attached hydrogen (secondary N) is 1. The molecule has 8 nitrogen and oxygen atoms in total. The molecule has 2 heterocycles. The minimum Gasteiger partial charge on any atom is -0.497 e. The van der Waals surface area contributed by atoms with Gasteiger partial charge in [-0.3, -0.25) is 9.59 Å². The van der Waals surface area contributed by atoms with Crippen molar-refractivity contribution >= 4 is 29.0 Å². The maximum atomic E-state index is 14.9. The molecule has 0 radical (unpaired) electrons. The summed E-state index contributed by atoms with van der Waals surface area (Å²) in [5.74, 6) is 1.33. The van der Waals surface area contributed by atoms with Crippen molar-refractivity contribution in [2.75, 3.05) is 33.4 Å². The van der Waals surface area contributed by atoms with Crippen LogP contribution in [0.3, 0.4) is 0 Å². The molecule has 47 heavy (non-hydrogen) atoms. The molecule has 0 aromatic heterocycles. The van der Waals surface area contributed by atoms with E-state index < -0.39 is 0 Å². The molecule has 3 aliphatic rings. The van der Waals surface area contributed by atoms with Crippen molar-refractivity contribution in [1.29, 1.82) is 0 Å². The monoisotopic (exact) mass is 661 g/mol. The predicted octanol–water partition coefficient (Wildman–Crippen LogP) is 6.10. The fourth-order valence-corrected chi connectivity index (χ4v) is 6.72. The Balaban J connectivity index is 1.23. The van der Waals surface area contributed by atoms with Gasteiger partial charge in [-0.15, -0.1) is 0 Å². The van der Waals surface area contributed by atoms with Crippen LogP contribution in [0.25, 0.3) is 5.57 Å². The molecule has 0 spiro atoms. The van der Waals surface area contributed by atoms with Gasteiger partial charge < -0.3 is 29.3 Å². The first-order valence-corrected chi connectivity index (χ1v) is 16.5. The van der Waals surface area contributed by atoms with E-state index in [-0.39, 0.29) is 42.3 Å². The second-order valence-corrected chi connectivity index (χ2v) is 13.1. The first-order chi connectivity index (χ1) is 22.6. The summed E-state index contributed by atoms with van der Waals surface area (Å²) >= 11 is 6.34. The summed E-state index contributed by atoms with van der Waals surface area (Å²) < 4.78 is 32.1. The molecule has 2 amide bonds. The van der Waals surface area contributed by atoms with Gasteiger partial charge in [0.15, 0.2) is 0 Å². The van der Waals surface area contributed by atoms with Crippen molar-refractivity contribution in [1.82, 2.24) is 15.1 Å². The molecule has 2 fully saturated rings. The zero-order valence-electron chi connectivity index (χ0n) is 27.3. The third kappa shape index (κ3) is 7.41. The van der Waals surface area contributed by atoms with Gasteiger partial charge in [0, 0.05) is 49.8 Å². The van der Waals surface area contributed by atoms with Crippen molar-refractivity contribution in [3.63, 3.8) is 0 Å². The zero-order valence-corrected chi connectivity index (χ0v) is 28.0. The number of rotatable bonds is 11. The fourth-order valence-electron chi connectivity index (χ4n) is 6.44. The van der Waals surface area contributed by atoms with Crippen LogP contribution in [0.1, 0.15) is 48.4 Å². The number of carbonyl (C=O) groups excluding carboxylic acids is 2. The number of halogens is 2. The summed E-state index contributed by atoms with van der Waals surface area (Å²) in [6.45, 7) is 7.37. The summed E-state index contributed by atoms with van der Waals surface area (Å²) in [4.78, 5) is 30.6. The van der Waals surface area contributed by atoms with Crippen LogP contribution >= 0.6 is 11.6 Å². The van der Waals surface area contributed by atoms with Crippen LogP contribution in [0.15, 0.2) is 60.2 Å². The number of ether oxygens (including phenoxy) is 3. The highest BCUT2D eigenvalue weighted by Gasteiger charge is 2.43. The predicted molar refractivity (Wildman–Crippen MR) is 179 cm³/mol. The van der Waals surface area contributed by atoms with Gasteiger partial charge in [0.2, 0.25) is 5.91 Å². The van der Waals surface area contributed by atoms with Gasteiger partial charge >= 0.3 is 0 Å². The van der Waals surface area contributed by atoms with Crippen LogP contribution in [-0.2, 0) is 16.1 Å². The van der Waals surface area contributed by atoms with E-state index in [0.717, 1.165) is 35.1 Å². The highest BCUT2D eigenvalue weighted by molar-refractivity contribution is 6.32. The average molecular weight is 662 g/mol. The van der Waals surface area contributed by atoms with Gasteiger partial charge in [-0.2, -0.15) is 0 Å². The molecular weight excluding hydrogens is 621 g/mol. The number of fused-ring (bicyclic) bond motifs is 2. The Kier molecular flexibility index (Phi) is 9.75. The van der Waals surface area contributed by atoms with Crippen LogP contribution in [0.5, 0.6) is 17.2 Å². The van der Waals surface area contributed by atoms with E-state index in [0.29, 0.717) is 66.1 Å². The Labute approximate surface area is 280 Å². The molecule has 248 valence electrons. The standard InChI is InChI=1S/C37H41ClFN3O5/c1-22-15-32(38)35(16-23(22)2)47-14-13-46-29-9-5-25(6-10-29)31-18-27-20-41(24(3)43)21-34(40-27)36(31)37(44)42(28-7-8-28)19-26-17-30(45-4)11-12-33(26)39/h5-6,9-12,15-17,27-28,34,40H,7-8,13-14,18-21H2,1-4H3. The normalized spacial score (nSPS) is 19.0. The van der Waals surface area contributed by atoms with Gasteiger partial charge in [0.1, 0.15) is 36.3 Å². The maximum Gasteiger partial charge on any atom is 0.252 e. The first-order valence-electron chi connectivity index (χ1n) is 16.1. The summed E-state index contributed by atoms with van der Waals surface area (Å²) in [5.41, 5.74) is 5.13. The molecule has 1 aliphatic carbocycles. The molecule has 2 unspecified atom stereocenters. The maximum absolute atomic E-state index is 14.9. The highest BCUT2D eigenvalue weighted by atomic mass is 35.5. The number of hydrogen-bond donors (Lipinski definition) is 1. The van der Waals surface area contributed by atoms with Crippen molar-refractivity contribution in [3.05, 3.63) is 93.3 Å². The van der Waals surface area contributed by atoms with E-state index in [1.54, 1.807) is 24.0 Å². The molecule has 1 saturated heterocycles. The Morgan fingerprint density at radius 2 is 1.68 bits per heavy atom. The first kappa shape index (κ1) is 32.8. The van der Waals surface area contributed by atoms with E-state index in [2.05, 4.69) is 5.32 Å². The van der Waals surface area contributed by atoms with Crippen LogP contribution in [0.4, 0.5) is 4.39 Å². The van der Waals surface area contributed by atoms with E-state index in [1.807, 2.05) is 55.1 Å². The Bertz CT molecular complexity index is 1690. The van der Waals surface area contributed by atoms with Gasteiger partial charge in [-0.1, -0.05) is 23.7 Å². The summed E-state index contributed by atoms with van der Waals surface area (Å²) in [7, 11) is 1.54. The summed E-state index contributed by atoms with van der Waals surface area (Å²) in [5, 5.41) is 4.18. The second-order valence-electron chi connectivity index (χ2n) is 12.6. The van der Waals surface area contributed by atoms with Crippen molar-refractivity contribution < 1.29 is 28.2 Å². The molecule has 3 aromatic carbocycles. The lowest BCUT2D eigenvalue weighted by atomic mass is 9.82. The number of aryl methyl sites for hydroxylation is 2. The SMILES string of the molecule is COc1ccc(F)c(CN(C(=O)C2=C(c3ccc(OCCOc4cc(C)c(C)cc4Cl)cc3)CC3CN(C(C)=O)CC2N3)C2CC2)c1. The zero-order chi connectivity index (χ0) is 33.2. The molecule has 2 aliphatic heterocycles. The molecule has 2 atom stereocenters. The smallest absolute Gasteiger partial charge is 0.252 e. The Morgan fingerprint density at radius 1 is 0.979 bits per heavy atom. The molecule has 6 rings (SSSR count). The van der Waals surface area contributed by atoms with Crippen LogP contribution in [0.2, 0.25) is 5.02 Å². The summed E-state index contributed by atoms with van der Waals surface area (Å²) in [6.07, 6.45) is 2.32. The van der Waals surface area contributed by atoms with Gasteiger partial charge in [-0.05, 0) is 97.8 Å². The van der Waals surface area contributed by atoms with Crippen LogP contribution in [-0.4, -0.2) is 73.2 Å². The third-order valence-electron chi connectivity index (χ3n) is 9.28. The largest absolute Gasteiger partial charge is 0.497 e. The molecule has 2 bridgehead atoms. The number of methoxy groups -OCH3 is 1. The van der Waals surface area contributed by atoms with Gasteiger partial charge in [0.05, 0.1) is 18.2 Å². The molecule has 10 heteroatoms. The third-order valence-corrected chi connectivity index (χ3v) is 9.58. The number of piperazine rings is 1. The lowest BCUT2D eigenvalue weighted by molar-refractivity contribution is -0.132. The van der Waals surface area contributed by atoms with Crippen molar-refractivity contribution in [3.8, 4) is 17.2 Å². The van der Waals surface area contributed by atoms with Gasteiger partial charge in [0.25, 0.3) is 5.91 Å². The summed E-state index contributed by atoms with van der Waals surface area (Å²) in [6, 6.07) is 15.9. The van der Waals surface area contributed by atoms with Crippen LogP contribution in [0, 0.1) is 19.7 Å². The van der Waals surface area contributed by atoms with E-state index in [1.165, 1.54) is 13.2 Å². The molecule has 1 N–H and O–H groups in total. The quantitative estimate of drug-likeness (QED) is 0.250. The van der Waals surface area contributed by atoms with Crippen molar-refractivity contribution in [2.45, 2.75) is 64.7 Å². The lowest BCUT2D eigenvalue weighted by Gasteiger charge is -2.44. The minimum absolute atomic E-state index is 0.0136. The number of nitrogens with zero attached hydrogens (tertiary/aromatic N) is 2. The Hall–Kier alpha value is -4.08. The fraction of sp³-hybridized carbons (Fsp3) is 0.405. The lowest BCUT2D eigenvalue weighted by Crippen LogP contribution is -2.61. The van der Waals surface area contributed by atoms with E-state index in [9.17, 15) is 14.0 Å². The molecular formula is C37H41ClFN3O5. The van der Waals surface area contributed by atoms with Crippen molar-refractivity contribution in [2.24, 2.45) is 0 Å². The number of hydrogen-bond acceptors (Lipinski definition) is 6. The average Bonchev–Trinajstić information content (AvgIpc) is 3.90. The Morgan fingerprint density at radius 3 is 2.38 bits per heavy atom. The van der Waals surface area contributed by atoms with Crippen LogP contribution < -0.4 is 19.5 Å². The minimum atomic E-state index is -0.376. The number of benzene rings is 3. The molecule has 3 aromatic rings. The second kappa shape index (κ2) is 14.0. The number of amides is 2. The van der Waals surface area contributed by atoms with E-state index in [4.69, 9.17) is 25.8 Å². The molecule has 1 saturated carbocycles. The van der Waals surface area contributed by atoms with E-state index >= 15 is 0 Å². The topological polar surface area (TPSA) is 80.3 Å². The number of carbonyl (C=O) groups is 2. The van der Waals surface area contributed by atoms with Gasteiger partial charge in [-0.25, -0.2) is 4.39 Å².